The van der Waals surface area contributed by atoms with Gasteiger partial charge in [0.15, 0.2) is 0 Å². The number of amides is 1. The van der Waals surface area contributed by atoms with Crippen molar-refractivity contribution in [3.63, 3.8) is 0 Å². The van der Waals surface area contributed by atoms with Gasteiger partial charge in [-0.15, -0.1) is 0 Å². The van der Waals surface area contributed by atoms with Gasteiger partial charge in [-0.3, -0.25) is 10.1 Å². The van der Waals surface area contributed by atoms with Crippen molar-refractivity contribution in [3.05, 3.63) is 28.4 Å². The van der Waals surface area contributed by atoms with Gasteiger partial charge in [0.05, 0.1) is 11.0 Å². The van der Waals surface area contributed by atoms with E-state index in [0.717, 1.165) is 0 Å². The first-order chi connectivity index (χ1) is 11.5. The van der Waals surface area contributed by atoms with Crippen molar-refractivity contribution in [3.8, 4) is 0 Å². The van der Waals surface area contributed by atoms with Crippen LogP contribution in [0.1, 0.15) is 27.2 Å². The Balaban J connectivity index is 2.13. The molecular formula is C15H20F2N4O4. The number of aromatic nitrogens is 1. The first-order valence-electron chi connectivity index (χ1n) is 7.71. The molecule has 138 valence electrons. The molecule has 0 spiro atoms. The van der Waals surface area contributed by atoms with E-state index in [1.165, 1.54) is 23.2 Å². The van der Waals surface area contributed by atoms with E-state index < -0.39 is 35.0 Å². The predicted molar refractivity (Wildman–Crippen MR) is 85.8 cm³/mol. The molecule has 25 heavy (non-hydrogen) atoms. The molecule has 1 unspecified atom stereocenters. The summed E-state index contributed by atoms with van der Waals surface area (Å²) in [5.41, 5.74) is -0.992. The molecule has 0 aromatic carbocycles. The fraction of sp³-hybridized carbons (Fsp3) is 0.600. The summed E-state index contributed by atoms with van der Waals surface area (Å²) in [5, 5.41) is 13.0. The van der Waals surface area contributed by atoms with Crippen LogP contribution >= 0.6 is 0 Å². The Hall–Kier alpha value is -2.52. The molecule has 0 bridgehead atoms. The van der Waals surface area contributed by atoms with Gasteiger partial charge in [0, 0.05) is 31.8 Å². The van der Waals surface area contributed by atoms with Gasteiger partial charge in [-0.2, -0.15) is 0 Å². The predicted octanol–water partition coefficient (Wildman–Crippen LogP) is 2.73. The molecule has 1 aliphatic rings. The molecule has 2 heterocycles. The number of alkyl carbamates (subject to hydrolysis) is 1. The molecular weight excluding hydrogens is 338 g/mol. The lowest BCUT2D eigenvalue weighted by atomic mass is 10.0. The minimum Gasteiger partial charge on any atom is -0.444 e. The Labute approximate surface area is 143 Å². The van der Waals surface area contributed by atoms with Gasteiger partial charge in [0.2, 0.25) is 0 Å². The number of anilines is 1. The second-order valence-corrected chi connectivity index (χ2v) is 6.79. The molecule has 0 aliphatic carbocycles. The first kappa shape index (κ1) is 18.8. The van der Waals surface area contributed by atoms with Gasteiger partial charge in [-0.25, -0.2) is 18.6 Å². The monoisotopic (exact) mass is 358 g/mol. The van der Waals surface area contributed by atoms with E-state index in [1.807, 2.05) is 0 Å². The van der Waals surface area contributed by atoms with Crippen molar-refractivity contribution < 1.29 is 23.2 Å². The van der Waals surface area contributed by atoms with Crippen LogP contribution in [0.2, 0.25) is 0 Å². The Bertz CT molecular complexity index is 663. The zero-order valence-electron chi connectivity index (χ0n) is 14.2. The molecule has 8 nitrogen and oxygen atoms in total. The molecule has 1 saturated heterocycles. The van der Waals surface area contributed by atoms with Crippen LogP contribution in [0.3, 0.4) is 0 Å². The molecule has 1 aromatic rings. The van der Waals surface area contributed by atoms with Crippen LogP contribution in [0.5, 0.6) is 0 Å². The number of hydrogen-bond donors (Lipinski definition) is 1. The van der Waals surface area contributed by atoms with Crippen molar-refractivity contribution in [1.82, 2.24) is 10.3 Å². The summed E-state index contributed by atoms with van der Waals surface area (Å²) >= 11 is 0. The normalized spacial score (nSPS) is 20.0. The molecule has 1 atom stereocenters. The van der Waals surface area contributed by atoms with E-state index in [-0.39, 0.29) is 24.6 Å². The van der Waals surface area contributed by atoms with E-state index in [2.05, 4.69) is 10.3 Å². The largest absolute Gasteiger partial charge is 0.444 e. The SMILES string of the molecule is CC(C)(C)OC(=O)NC1CN(c2cc([N+](=O)[O-])ccn2)CCC1(F)F. The first-order valence-corrected chi connectivity index (χ1v) is 7.71. The summed E-state index contributed by atoms with van der Waals surface area (Å²) in [6.45, 7) is 4.62. The van der Waals surface area contributed by atoms with Gasteiger partial charge in [0.25, 0.3) is 11.6 Å². The van der Waals surface area contributed by atoms with E-state index in [9.17, 15) is 23.7 Å². The maximum absolute atomic E-state index is 14.1. The number of halogens is 2. The lowest BCUT2D eigenvalue weighted by Crippen LogP contribution is -2.59. The van der Waals surface area contributed by atoms with Gasteiger partial charge < -0.3 is 15.0 Å². The third-order valence-corrected chi connectivity index (χ3v) is 3.58. The topological polar surface area (TPSA) is 97.6 Å². The molecule has 0 radical (unpaired) electrons. The molecule has 0 saturated carbocycles. The number of piperidine rings is 1. The second kappa shape index (κ2) is 6.77. The summed E-state index contributed by atoms with van der Waals surface area (Å²) < 4.78 is 33.3. The number of hydrogen-bond acceptors (Lipinski definition) is 6. The second-order valence-electron chi connectivity index (χ2n) is 6.79. The van der Waals surface area contributed by atoms with Gasteiger partial charge in [-0.1, -0.05) is 0 Å². The molecule has 1 aliphatic heterocycles. The maximum Gasteiger partial charge on any atom is 0.408 e. The number of rotatable bonds is 3. The van der Waals surface area contributed by atoms with Gasteiger partial charge in [0.1, 0.15) is 17.5 Å². The van der Waals surface area contributed by atoms with Crippen LogP contribution < -0.4 is 10.2 Å². The summed E-state index contributed by atoms with van der Waals surface area (Å²) in [4.78, 5) is 27.6. The Morgan fingerprint density at radius 3 is 2.80 bits per heavy atom. The Morgan fingerprint density at radius 2 is 2.20 bits per heavy atom. The average Bonchev–Trinajstić information content (AvgIpc) is 2.47. The maximum atomic E-state index is 14.1. The number of pyridine rings is 1. The molecule has 1 N–H and O–H groups in total. The van der Waals surface area contributed by atoms with Crippen molar-refractivity contribution >= 4 is 17.6 Å². The fourth-order valence-corrected chi connectivity index (χ4v) is 2.41. The zero-order valence-corrected chi connectivity index (χ0v) is 14.2. The number of carbonyl (C=O) groups is 1. The van der Waals surface area contributed by atoms with Crippen molar-refractivity contribution in [1.29, 1.82) is 0 Å². The lowest BCUT2D eigenvalue weighted by Gasteiger charge is -2.39. The summed E-state index contributed by atoms with van der Waals surface area (Å²) in [5.74, 6) is -2.91. The number of ether oxygens (including phenoxy) is 1. The van der Waals surface area contributed by atoms with Crippen molar-refractivity contribution in [2.24, 2.45) is 0 Å². The molecule has 1 amide bonds. The summed E-state index contributed by atoms with van der Waals surface area (Å²) in [6.07, 6.45) is -0.208. The van der Waals surface area contributed by atoms with E-state index in [0.29, 0.717) is 0 Å². The standard InChI is InChI=1S/C15H20F2N4O4/c1-14(2,3)25-13(22)19-11-9-20(7-5-15(11,16)17)12-8-10(21(23)24)4-6-18-12/h4,6,8,11H,5,7,9H2,1-3H3,(H,19,22). The van der Waals surface area contributed by atoms with Crippen LogP contribution in [0.4, 0.5) is 25.1 Å². The minimum absolute atomic E-state index is 0.0341. The van der Waals surface area contributed by atoms with E-state index in [1.54, 1.807) is 20.8 Å². The van der Waals surface area contributed by atoms with Crippen molar-refractivity contribution in [2.45, 2.75) is 44.8 Å². The highest BCUT2D eigenvalue weighted by Gasteiger charge is 2.46. The number of nitro groups is 1. The highest BCUT2D eigenvalue weighted by atomic mass is 19.3. The summed E-state index contributed by atoms with van der Waals surface area (Å²) in [6, 6.07) is 0.948. The van der Waals surface area contributed by atoms with Gasteiger partial charge >= 0.3 is 6.09 Å². The third-order valence-electron chi connectivity index (χ3n) is 3.58. The minimum atomic E-state index is -3.12. The van der Waals surface area contributed by atoms with E-state index in [4.69, 9.17) is 4.74 Å². The highest BCUT2D eigenvalue weighted by molar-refractivity contribution is 5.68. The lowest BCUT2D eigenvalue weighted by molar-refractivity contribution is -0.384. The molecule has 2 rings (SSSR count). The number of carbonyl (C=O) groups excluding carboxylic acids is 1. The fourth-order valence-electron chi connectivity index (χ4n) is 2.41. The van der Waals surface area contributed by atoms with Crippen LogP contribution in [0, 0.1) is 10.1 Å². The Kier molecular flexibility index (Phi) is 5.09. The number of nitrogens with zero attached hydrogens (tertiary/aromatic N) is 3. The number of nitrogens with one attached hydrogen (secondary N) is 1. The Morgan fingerprint density at radius 1 is 1.52 bits per heavy atom. The number of alkyl halides is 2. The van der Waals surface area contributed by atoms with Crippen LogP contribution in [-0.4, -0.2) is 46.7 Å². The summed E-state index contributed by atoms with van der Waals surface area (Å²) in [7, 11) is 0. The van der Waals surface area contributed by atoms with E-state index >= 15 is 0 Å². The average molecular weight is 358 g/mol. The van der Waals surface area contributed by atoms with Crippen LogP contribution in [0.25, 0.3) is 0 Å². The quantitative estimate of drug-likeness (QED) is 0.659. The smallest absolute Gasteiger partial charge is 0.408 e. The third kappa shape index (κ3) is 4.97. The van der Waals surface area contributed by atoms with Crippen LogP contribution in [-0.2, 0) is 4.74 Å². The molecule has 1 fully saturated rings. The highest BCUT2D eigenvalue weighted by Crippen LogP contribution is 2.31. The molecule has 10 heteroatoms. The zero-order chi connectivity index (χ0) is 18.8. The van der Waals surface area contributed by atoms with Crippen molar-refractivity contribution in [2.75, 3.05) is 18.0 Å². The van der Waals surface area contributed by atoms with Crippen LogP contribution in [0.15, 0.2) is 18.3 Å². The van der Waals surface area contributed by atoms with Gasteiger partial charge in [-0.05, 0) is 20.8 Å². The molecule has 1 aromatic heterocycles.